The number of carbonyl (C=O) groups excluding carboxylic acids is 2. The highest BCUT2D eigenvalue weighted by atomic mass is 32.1. The van der Waals surface area contributed by atoms with Crippen LogP contribution in [0.1, 0.15) is 47.4 Å². The third-order valence-corrected chi connectivity index (χ3v) is 5.98. The number of thiazole rings is 1. The van der Waals surface area contributed by atoms with Gasteiger partial charge in [0, 0.05) is 7.05 Å². The van der Waals surface area contributed by atoms with Gasteiger partial charge in [0.2, 0.25) is 0 Å². The van der Waals surface area contributed by atoms with Crippen LogP contribution in [0.5, 0.6) is 0 Å². The van der Waals surface area contributed by atoms with Gasteiger partial charge >= 0.3 is 6.09 Å². The van der Waals surface area contributed by atoms with E-state index < -0.39 is 23.4 Å². The van der Waals surface area contributed by atoms with Crippen molar-refractivity contribution in [3.05, 3.63) is 56.2 Å². The minimum absolute atomic E-state index is 0.0528. The Morgan fingerprint density at radius 1 is 1.09 bits per heavy atom. The summed E-state index contributed by atoms with van der Waals surface area (Å²) in [4.78, 5) is 42.6. The SMILES string of the molecule is Cc1nc(-c2c(C)c(C)nn(C)c2=O)sc1C(=O)Nc1cc(F)ccc1NC(=O)OC(C)(C)C. The molecule has 0 radical (unpaired) electrons. The zero-order valence-corrected chi connectivity index (χ0v) is 20.8. The molecule has 180 valence electrons. The highest BCUT2D eigenvalue weighted by molar-refractivity contribution is 7.17. The second-order valence-electron chi connectivity index (χ2n) is 8.72. The molecule has 0 bridgehead atoms. The molecule has 11 heteroatoms. The van der Waals surface area contributed by atoms with Crippen molar-refractivity contribution < 1.29 is 18.7 Å². The molecular formula is C23H26FN5O4S. The number of amides is 2. The van der Waals surface area contributed by atoms with Gasteiger partial charge in [-0.05, 0) is 65.3 Å². The highest BCUT2D eigenvalue weighted by Crippen LogP contribution is 2.30. The van der Waals surface area contributed by atoms with E-state index in [2.05, 4.69) is 20.7 Å². The Kier molecular flexibility index (Phi) is 6.87. The lowest BCUT2D eigenvalue weighted by molar-refractivity contribution is 0.0635. The van der Waals surface area contributed by atoms with E-state index in [-0.39, 0.29) is 21.8 Å². The summed E-state index contributed by atoms with van der Waals surface area (Å²) < 4.78 is 20.4. The molecule has 3 aromatic rings. The number of rotatable bonds is 4. The van der Waals surface area contributed by atoms with Crippen molar-refractivity contribution >= 4 is 34.7 Å². The zero-order valence-electron chi connectivity index (χ0n) is 20.0. The van der Waals surface area contributed by atoms with Crippen LogP contribution in [-0.4, -0.2) is 32.4 Å². The molecule has 1 aromatic carbocycles. The number of aromatic nitrogens is 3. The van der Waals surface area contributed by atoms with Crippen LogP contribution in [-0.2, 0) is 11.8 Å². The predicted octanol–water partition coefficient (Wildman–Crippen LogP) is 4.57. The van der Waals surface area contributed by atoms with E-state index in [4.69, 9.17) is 4.74 Å². The van der Waals surface area contributed by atoms with Crippen LogP contribution in [0.25, 0.3) is 10.6 Å². The van der Waals surface area contributed by atoms with Crippen molar-refractivity contribution in [2.24, 2.45) is 7.05 Å². The fourth-order valence-corrected chi connectivity index (χ4v) is 4.19. The van der Waals surface area contributed by atoms with Gasteiger partial charge in [0.15, 0.2) is 0 Å². The van der Waals surface area contributed by atoms with E-state index in [1.165, 1.54) is 10.7 Å². The van der Waals surface area contributed by atoms with Crippen molar-refractivity contribution in [3.63, 3.8) is 0 Å². The minimum Gasteiger partial charge on any atom is -0.444 e. The summed E-state index contributed by atoms with van der Waals surface area (Å²) in [7, 11) is 1.55. The largest absolute Gasteiger partial charge is 0.444 e. The van der Waals surface area contributed by atoms with Gasteiger partial charge in [0.05, 0.1) is 28.3 Å². The number of anilines is 2. The lowest BCUT2D eigenvalue weighted by atomic mass is 10.1. The molecule has 2 heterocycles. The molecule has 0 saturated carbocycles. The Balaban J connectivity index is 1.93. The summed E-state index contributed by atoms with van der Waals surface area (Å²) in [5.74, 6) is -1.16. The lowest BCUT2D eigenvalue weighted by Gasteiger charge is -2.20. The minimum atomic E-state index is -0.745. The number of nitrogens with zero attached hydrogens (tertiary/aromatic N) is 3. The molecule has 2 aromatic heterocycles. The van der Waals surface area contributed by atoms with Gasteiger partial charge in [-0.1, -0.05) is 0 Å². The van der Waals surface area contributed by atoms with E-state index in [1.54, 1.807) is 48.6 Å². The smallest absolute Gasteiger partial charge is 0.412 e. The molecule has 34 heavy (non-hydrogen) atoms. The van der Waals surface area contributed by atoms with Crippen molar-refractivity contribution in [1.29, 1.82) is 0 Å². The number of halogens is 1. The molecule has 0 aliphatic heterocycles. The first-order chi connectivity index (χ1) is 15.8. The average molecular weight is 488 g/mol. The third kappa shape index (κ3) is 5.48. The third-order valence-electron chi connectivity index (χ3n) is 4.81. The van der Waals surface area contributed by atoms with Crippen LogP contribution in [0.3, 0.4) is 0 Å². The molecule has 0 unspecified atom stereocenters. The molecular weight excluding hydrogens is 461 g/mol. The standard InChI is InChI=1S/C23H26FN5O4S/c1-11-12(2)28-29(7)21(31)17(11)20-25-13(3)18(34-20)19(30)26-16-10-14(24)8-9-15(16)27-22(32)33-23(4,5)6/h8-10H,1-7H3,(H,26,30)(H,27,32). The summed E-state index contributed by atoms with van der Waals surface area (Å²) in [6, 6.07) is 3.57. The monoisotopic (exact) mass is 487 g/mol. The van der Waals surface area contributed by atoms with Crippen molar-refractivity contribution in [1.82, 2.24) is 14.8 Å². The number of hydrogen-bond donors (Lipinski definition) is 2. The molecule has 3 rings (SSSR count). The average Bonchev–Trinajstić information content (AvgIpc) is 3.08. The number of nitrogens with one attached hydrogen (secondary N) is 2. The van der Waals surface area contributed by atoms with E-state index in [9.17, 15) is 18.8 Å². The molecule has 2 amide bonds. The van der Waals surface area contributed by atoms with E-state index in [0.717, 1.165) is 23.5 Å². The summed E-state index contributed by atoms with van der Waals surface area (Å²) >= 11 is 1.05. The van der Waals surface area contributed by atoms with E-state index in [1.807, 2.05) is 0 Å². The van der Waals surface area contributed by atoms with Gasteiger partial charge < -0.3 is 10.1 Å². The Labute approximate surface area is 200 Å². The maximum absolute atomic E-state index is 13.9. The van der Waals surface area contributed by atoms with Crippen LogP contribution in [0, 0.1) is 26.6 Å². The van der Waals surface area contributed by atoms with Crippen molar-refractivity contribution in [2.45, 2.75) is 47.1 Å². The number of ether oxygens (including phenoxy) is 1. The molecule has 2 N–H and O–H groups in total. The number of benzene rings is 1. The first kappa shape index (κ1) is 25.0. The number of carbonyl (C=O) groups is 2. The van der Waals surface area contributed by atoms with Crippen LogP contribution in [0.4, 0.5) is 20.6 Å². The van der Waals surface area contributed by atoms with Crippen LogP contribution < -0.4 is 16.2 Å². The quantitative estimate of drug-likeness (QED) is 0.557. The van der Waals surface area contributed by atoms with Crippen molar-refractivity contribution in [2.75, 3.05) is 10.6 Å². The van der Waals surface area contributed by atoms with Crippen LogP contribution in [0.15, 0.2) is 23.0 Å². The predicted molar refractivity (Wildman–Crippen MR) is 129 cm³/mol. The van der Waals surface area contributed by atoms with E-state index >= 15 is 0 Å². The van der Waals surface area contributed by atoms with Gasteiger partial charge in [-0.3, -0.25) is 14.9 Å². The highest BCUT2D eigenvalue weighted by Gasteiger charge is 2.23. The Hall–Kier alpha value is -3.60. The first-order valence-corrected chi connectivity index (χ1v) is 11.2. The molecule has 0 aliphatic carbocycles. The molecule has 0 fully saturated rings. The van der Waals surface area contributed by atoms with Gasteiger partial charge in [0.1, 0.15) is 21.3 Å². The Morgan fingerprint density at radius 2 is 1.76 bits per heavy atom. The molecule has 0 atom stereocenters. The maximum atomic E-state index is 13.9. The van der Waals surface area contributed by atoms with Gasteiger partial charge in [-0.25, -0.2) is 18.9 Å². The molecule has 0 spiro atoms. The summed E-state index contributed by atoms with van der Waals surface area (Å²) in [5, 5.41) is 9.69. The van der Waals surface area contributed by atoms with Gasteiger partial charge in [-0.2, -0.15) is 5.10 Å². The van der Waals surface area contributed by atoms with Gasteiger partial charge in [-0.15, -0.1) is 11.3 Å². The Bertz CT molecular complexity index is 1340. The van der Waals surface area contributed by atoms with Crippen LogP contribution in [0.2, 0.25) is 0 Å². The van der Waals surface area contributed by atoms with Gasteiger partial charge in [0.25, 0.3) is 11.5 Å². The normalized spacial score (nSPS) is 11.3. The summed E-state index contributed by atoms with van der Waals surface area (Å²) in [6.07, 6.45) is -0.745. The second kappa shape index (κ2) is 9.34. The first-order valence-electron chi connectivity index (χ1n) is 10.4. The fraction of sp³-hybridized carbons (Fsp3) is 0.348. The number of aryl methyl sites for hydroxylation is 3. The van der Waals surface area contributed by atoms with Crippen LogP contribution >= 0.6 is 11.3 Å². The maximum Gasteiger partial charge on any atom is 0.412 e. The van der Waals surface area contributed by atoms with E-state index in [0.29, 0.717) is 27.5 Å². The molecule has 0 saturated heterocycles. The number of hydrogen-bond acceptors (Lipinski definition) is 7. The molecule has 0 aliphatic rings. The summed E-state index contributed by atoms with van der Waals surface area (Å²) in [6.45, 7) is 10.3. The topological polar surface area (TPSA) is 115 Å². The summed E-state index contributed by atoms with van der Waals surface area (Å²) in [5.41, 5.74) is 1.30. The second-order valence-corrected chi connectivity index (χ2v) is 9.72. The van der Waals surface area contributed by atoms with Crippen molar-refractivity contribution in [3.8, 4) is 10.6 Å². The Morgan fingerprint density at radius 3 is 2.41 bits per heavy atom. The fourth-order valence-electron chi connectivity index (χ4n) is 3.14. The lowest BCUT2D eigenvalue weighted by Crippen LogP contribution is -2.27. The zero-order chi connectivity index (χ0) is 25.4. The molecule has 9 nitrogen and oxygen atoms in total.